The van der Waals surface area contributed by atoms with E-state index in [2.05, 4.69) is 20.8 Å². The van der Waals surface area contributed by atoms with Crippen molar-refractivity contribution >= 4 is 45.7 Å². The van der Waals surface area contributed by atoms with E-state index in [1.165, 1.54) is 23.1 Å². The topological polar surface area (TPSA) is 93.2 Å². The summed E-state index contributed by atoms with van der Waals surface area (Å²) >= 11 is 2.48. The monoisotopic (exact) mass is 414 g/mol. The van der Waals surface area contributed by atoms with Crippen LogP contribution in [0.15, 0.2) is 52.9 Å². The largest absolute Gasteiger partial charge is 0.497 e. The molecule has 0 aliphatic heterocycles. The van der Waals surface area contributed by atoms with Crippen molar-refractivity contribution in [3.8, 4) is 5.75 Å². The molecule has 2 amide bonds. The van der Waals surface area contributed by atoms with Crippen LogP contribution in [-0.2, 0) is 4.79 Å². The molecule has 2 aromatic carbocycles. The predicted octanol–water partition coefficient (Wildman–Crippen LogP) is 3.84. The number of amides is 2. The molecule has 0 atom stereocenters. The number of ether oxygens (including phenoxy) is 1. The molecule has 0 fully saturated rings. The SMILES string of the molecule is COc1cccc(NC(=O)CSc2nnc(NC(=O)c3ccccc3C)s2)c1. The van der Waals surface area contributed by atoms with Gasteiger partial charge in [0.05, 0.1) is 12.9 Å². The van der Waals surface area contributed by atoms with Crippen molar-refractivity contribution in [3.05, 3.63) is 59.7 Å². The molecule has 2 N–H and O–H groups in total. The first-order valence-corrected chi connectivity index (χ1v) is 10.1. The van der Waals surface area contributed by atoms with Crippen molar-refractivity contribution in [2.24, 2.45) is 0 Å². The van der Waals surface area contributed by atoms with Crippen LogP contribution in [0.3, 0.4) is 0 Å². The van der Waals surface area contributed by atoms with Crippen molar-refractivity contribution in [1.82, 2.24) is 10.2 Å². The lowest BCUT2D eigenvalue weighted by Gasteiger charge is -2.06. The Labute approximate surface area is 170 Å². The van der Waals surface area contributed by atoms with Gasteiger partial charge in [-0.3, -0.25) is 14.9 Å². The molecule has 0 saturated carbocycles. The minimum atomic E-state index is -0.235. The Bertz CT molecular complexity index is 991. The predicted molar refractivity (Wildman–Crippen MR) is 111 cm³/mol. The lowest BCUT2D eigenvalue weighted by molar-refractivity contribution is -0.113. The van der Waals surface area contributed by atoms with Crippen molar-refractivity contribution in [2.75, 3.05) is 23.5 Å². The molecule has 3 aromatic rings. The fourth-order valence-corrected chi connectivity index (χ4v) is 3.88. The molecule has 9 heteroatoms. The lowest BCUT2D eigenvalue weighted by atomic mass is 10.1. The zero-order chi connectivity index (χ0) is 19.9. The van der Waals surface area contributed by atoms with E-state index >= 15 is 0 Å². The molecule has 144 valence electrons. The summed E-state index contributed by atoms with van der Waals surface area (Å²) < 4.78 is 5.73. The first kappa shape index (κ1) is 19.8. The van der Waals surface area contributed by atoms with Gasteiger partial charge in [0.15, 0.2) is 4.34 Å². The summed E-state index contributed by atoms with van der Waals surface area (Å²) in [5.74, 6) is 0.446. The molecule has 3 rings (SSSR count). The molecule has 28 heavy (non-hydrogen) atoms. The van der Waals surface area contributed by atoms with Gasteiger partial charge < -0.3 is 10.1 Å². The number of nitrogens with one attached hydrogen (secondary N) is 2. The standard InChI is InChI=1S/C19H18N4O3S2/c1-12-6-3-4-9-15(12)17(25)21-18-22-23-19(28-18)27-11-16(24)20-13-7-5-8-14(10-13)26-2/h3-10H,11H2,1-2H3,(H,20,24)(H,21,22,25). The number of aryl methyl sites for hydroxylation is 1. The molecule has 7 nitrogen and oxygen atoms in total. The Balaban J connectivity index is 1.52. The normalized spacial score (nSPS) is 10.4. The Morgan fingerprint density at radius 3 is 2.71 bits per heavy atom. The lowest BCUT2D eigenvalue weighted by Crippen LogP contribution is -2.13. The van der Waals surface area contributed by atoms with E-state index in [-0.39, 0.29) is 17.6 Å². The number of hydrogen-bond acceptors (Lipinski definition) is 7. The van der Waals surface area contributed by atoms with E-state index < -0.39 is 0 Å². The summed E-state index contributed by atoms with van der Waals surface area (Å²) in [4.78, 5) is 24.4. The highest BCUT2D eigenvalue weighted by atomic mass is 32.2. The zero-order valence-electron chi connectivity index (χ0n) is 15.3. The Morgan fingerprint density at radius 1 is 1.11 bits per heavy atom. The van der Waals surface area contributed by atoms with Gasteiger partial charge in [0.25, 0.3) is 5.91 Å². The third-order valence-corrected chi connectivity index (χ3v) is 5.67. The van der Waals surface area contributed by atoms with Gasteiger partial charge in [-0.15, -0.1) is 10.2 Å². The molecule has 0 aliphatic rings. The second-order valence-corrected chi connectivity index (χ2v) is 7.91. The van der Waals surface area contributed by atoms with Crippen LogP contribution in [0.25, 0.3) is 0 Å². The average molecular weight is 415 g/mol. The second kappa shape index (κ2) is 9.34. The molecule has 0 aliphatic carbocycles. The van der Waals surface area contributed by atoms with Crippen LogP contribution in [0.1, 0.15) is 15.9 Å². The smallest absolute Gasteiger partial charge is 0.257 e. The van der Waals surface area contributed by atoms with Gasteiger partial charge in [0.1, 0.15) is 5.75 Å². The summed E-state index contributed by atoms with van der Waals surface area (Å²) in [6.07, 6.45) is 0. The van der Waals surface area contributed by atoms with E-state index in [0.717, 1.165) is 5.56 Å². The number of aromatic nitrogens is 2. The van der Waals surface area contributed by atoms with E-state index in [9.17, 15) is 9.59 Å². The highest BCUT2D eigenvalue weighted by Gasteiger charge is 2.13. The van der Waals surface area contributed by atoms with Crippen molar-refractivity contribution in [1.29, 1.82) is 0 Å². The van der Waals surface area contributed by atoms with E-state index in [1.54, 1.807) is 37.4 Å². The van der Waals surface area contributed by atoms with Crippen LogP contribution in [0.4, 0.5) is 10.8 Å². The number of nitrogens with zero attached hydrogens (tertiary/aromatic N) is 2. The van der Waals surface area contributed by atoms with E-state index in [0.29, 0.717) is 26.5 Å². The Kier molecular flexibility index (Phi) is 6.62. The number of hydrogen-bond donors (Lipinski definition) is 2. The minimum Gasteiger partial charge on any atom is -0.497 e. The van der Waals surface area contributed by atoms with Crippen molar-refractivity contribution in [2.45, 2.75) is 11.3 Å². The number of carbonyl (C=O) groups is 2. The van der Waals surface area contributed by atoms with Gasteiger partial charge in [-0.1, -0.05) is 47.4 Å². The summed E-state index contributed by atoms with van der Waals surface area (Å²) in [5, 5.41) is 13.9. The number of benzene rings is 2. The molecule has 0 bridgehead atoms. The van der Waals surface area contributed by atoms with Gasteiger partial charge in [0.2, 0.25) is 11.0 Å². The first-order valence-electron chi connectivity index (χ1n) is 8.32. The van der Waals surface area contributed by atoms with Gasteiger partial charge in [-0.05, 0) is 30.7 Å². The summed E-state index contributed by atoms with van der Waals surface area (Å²) in [6, 6.07) is 14.4. The van der Waals surface area contributed by atoms with Crippen LogP contribution in [0.5, 0.6) is 5.75 Å². The summed E-state index contributed by atoms with van der Waals surface area (Å²) in [6.45, 7) is 1.87. The van der Waals surface area contributed by atoms with Crippen LogP contribution in [-0.4, -0.2) is 34.9 Å². The third kappa shape index (κ3) is 5.30. The Morgan fingerprint density at radius 2 is 1.93 bits per heavy atom. The fourth-order valence-electron chi connectivity index (χ4n) is 2.34. The van der Waals surface area contributed by atoms with Gasteiger partial charge >= 0.3 is 0 Å². The van der Waals surface area contributed by atoms with Crippen LogP contribution >= 0.6 is 23.1 Å². The fraction of sp³-hybridized carbons (Fsp3) is 0.158. The van der Waals surface area contributed by atoms with Crippen molar-refractivity contribution < 1.29 is 14.3 Å². The highest BCUT2D eigenvalue weighted by Crippen LogP contribution is 2.26. The van der Waals surface area contributed by atoms with E-state index in [4.69, 9.17) is 4.74 Å². The van der Waals surface area contributed by atoms with Gasteiger partial charge in [-0.25, -0.2) is 0 Å². The quantitative estimate of drug-likeness (QED) is 0.451. The van der Waals surface area contributed by atoms with Crippen LogP contribution < -0.4 is 15.4 Å². The molecule has 0 saturated heterocycles. The van der Waals surface area contributed by atoms with E-state index in [1.807, 2.05) is 25.1 Å². The molecule has 0 spiro atoms. The molecule has 0 radical (unpaired) electrons. The number of rotatable bonds is 7. The third-order valence-electron chi connectivity index (χ3n) is 3.70. The maximum Gasteiger partial charge on any atom is 0.257 e. The first-order chi connectivity index (χ1) is 13.5. The average Bonchev–Trinajstić information content (AvgIpc) is 3.14. The van der Waals surface area contributed by atoms with Crippen molar-refractivity contribution in [3.63, 3.8) is 0 Å². The number of methoxy groups -OCH3 is 1. The molecule has 1 aromatic heterocycles. The molecular formula is C19H18N4O3S2. The van der Waals surface area contributed by atoms with Crippen LogP contribution in [0.2, 0.25) is 0 Å². The van der Waals surface area contributed by atoms with Crippen LogP contribution in [0, 0.1) is 6.92 Å². The maximum absolute atomic E-state index is 12.3. The zero-order valence-corrected chi connectivity index (χ0v) is 16.9. The molecular weight excluding hydrogens is 396 g/mol. The minimum absolute atomic E-state index is 0.168. The molecule has 0 unspecified atom stereocenters. The number of carbonyl (C=O) groups excluding carboxylic acids is 2. The second-order valence-electron chi connectivity index (χ2n) is 5.71. The van der Waals surface area contributed by atoms with Gasteiger partial charge in [0, 0.05) is 17.3 Å². The maximum atomic E-state index is 12.3. The summed E-state index contributed by atoms with van der Waals surface area (Å²) in [7, 11) is 1.57. The molecule has 1 heterocycles. The number of anilines is 2. The highest BCUT2D eigenvalue weighted by molar-refractivity contribution is 8.01. The number of thioether (sulfide) groups is 1. The summed E-state index contributed by atoms with van der Waals surface area (Å²) in [5.41, 5.74) is 2.13. The van der Waals surface area contributed by atoms with Gasteiger partial charge in [-0.2, -0.15) is 0 Å². The Hall–Kier alpha value is -2.91.